The molecule has 17 heavy (non-hydrogen) atoms. The lowest BCUT2D eigenvalue weighted by Gasteiger charge is -2.15. The fourth-order valence-electron chi connectivity index (χ4n) is 1.95. The molecule has 0 aliphatic rings. The molecule has 2 nitrogen and oxygen atoms in total. The van der Waals surface area contributed by atoms with Crippen molar-refractivity contribution in [2.75, 3.05) is 6.54 Å². The summed E-state index contributed by atoms with van der Waals surface area (Å²) in [5.74, 6) is 2.03. The van der Waals surface area contributed by atoms with Crippen molar-refractivity contribution in [3.8, 4) is 0 Å². The van der Waals surface area contributed by atoms with Crippen LogP contribution in [0.25, 0.3) is 0 Å². The molecule has 0 spiro atoms. The summed E-state index contributed by atoms with van der Waals surface area (Å²) in [4.78, 5) is 1.35. The first-order chi connectivity index (χ1) is 8.13. The number of nitrogens with one attached hydrogen (secondary N) is 1. The third-order valence-corrected chi connectivity index (χ3v) is 4.13. The van der Waals surface area contributed by atoms with Crippen LogP contribution in [-0.4, -0.2) is 6.54 Å². The zero-order valence-corrected chi connectivity index (χ0v) is 11.6. The van der Waals surface area contributed by atoms with Crippen molar-refractivity contribution in [2.45, 2.75) is 33.7 Å². The van der Waals surface area contributed by atoms with Crippen LogP contribution in [0.15, 0.2) is 21.9 Å². The minimum atomic E-state index is 0.187. The molecule has 2 rings (SSSR count). The molecule has 0 aliphatic heterocycles. The van der Waals surface area contributed by atoms with E-state index >= 15 is 0 Å². The van der Waals surface area contributed by atoms with E-state index in [0.29, 0.717) is 0 Å². The maximum Gasteiger partial charge on any atom is 0.126 e. The van der Waals surface area contributed by atoms with Crippen LogP contribution in [0.1, 0.15) is 40.5 Å². The van der Waals surface area contributed by atoms with Crippen LogP contribution in [-0.2, 0) is 0 Å². The smallest absolute Gasteiger partial charge is 0.126 e. The van der Waals surface area contributed by atoms with Crippen molar-refractivity contribution in [2.24, 2.45) is 0 Å². The molecule has 2 aromatic heterocycles. The molecule has 0 bridgehead atoms. The van der Waals surface area contributed by atoms with Crippen molar-refractivity contribution in [1.29, 1.82) is 0 Å². The first-order valence-corrected chi connectivity index (χ1v) is 6.85. The molecule has 92 valence electrons. The van der Waals surface area contributed by atoms with Gasteiger partial charge in [0.05, 0.1) is 0 Å². The minimum Gasteiger partial charge on any atom is -0.464 e. The second-order valence-corrected chi connectivity index (χ2v) is 5.29. The Morgan fingerprint density at radius 2 is 2.06 bits per heavy atom. The van der Waals surface area contributed by atoms with Crippen LogP contribution in [0.2, 0.25) is 0 Å². The first-order valence-electron chi connectivity index (χ1n) is 5.97. The number of rotatable bonds is 4. The van der Waals surface area contributed by atoms with Crippen LogP contribution in [0.4, 0.5) is 0 Å². The van der Waals surface area contributed by atoms with E-state index < -0.39 is 0 Å². The summed E-state index contributed by atoms with van der Waals surface area (Å²) in [5.41, 5.74) is 2.55. The van der Waals surface area contributed by atoms with Crippen LogP contribution in [0, 0.1) is 20.8 Å². The molecular formula is C14H19NOS. The highest BCUT2D eigenvalue weighted by Crippen LogP contribution is 2.31. The molecule has 0 saturated carbocycles. The predicted octanol–water partition coefficient (Wildman–Crippen LogP) is 3.97. The Morgan fingerprint density at radius 1 is 1.29 bits per heavy atom. The lowest BCUT2D eigenvalue weighted by molar-refractivity contribution is 0.436. The van der Waals surface area contributed by atoms with Gasteiger partial charge in [0.25, 0.3) is 0 Å². The molecule has 3 heteroatoms. The van der Waals surface area contributed by atoms with Gasteiger partial charge in [0.1, 0.15) is 17.6 Å². The van der Waals surface area contributed by atoms with Crippen LogP contribution >= 0.6 is 11.3 Å². The zero-order chi connectivity index (χ0) is 12.4. The van der Waals surface area contributed by atoms with E-state index in [1.165, 1.54) is 16.0 Å². The maximum atomic E-state index is 5.85. The number of thiophene rings is 1. The lowest BCUT2D eigenvalue weighted by atomic mass is 10.1. The van der Waals surface area contributed by atoms with Gasteiger partial charge in [-0.25, -0.2) is 0 Å². The Hall–Kier alpha value is -1.06. The van der Waals surface area contributed by atoms with Gasteiger partial charge in [-0.2, -0.15) is 0 Å². The quantitative estimate of drug-likeness (QED) is 0.887. The number of aryl methyl sites for hydroxylation is 3. The van der Waals surface area contributed by atoms with E-state index in [2.05, 4.69) is 43.6 Å². The van der Waals surface area contributed by atoms with Crippen LogP contribution in [0.5, 0.6) is 0 Å². The molecular weight excluding hydrogens is 230 g/mol. The molecule has 0 aliphatic carbocycles. The number of hydrogen-bond acceptors (Lipinski definition) is 3. The molecule has 0 amide bonds. The average molecular weight is 249 g/mol. The monoisotopic (exact) mass is 249 g/mol. The van der Waals surface area contributed by atoms with E-state index in [-0.39, 0.29) is 6.04 Å². The van der Waals surface area contributed by atoms with E-state index in [1.807, 2.05) is 6.92 Å². The Morgan fingerprint density at radius 3 is 2.53 bits per heavy atom. The SMILES string of the molecule is CCNC(c1cc(C)c(C)o1)c1sccc1C. The molecule has 1 atom stereocenters. The molecule has 0 aromatic carbocycles. The fraction of sp³-hybridized carbons (Fsp3) is 0.429. The summed E-state index contributed by atoms with van der Waals surface area (Å²) < 4.78 is 5.85. The van der Waals surface area contributed by atoms with Gasteiger partial charge in [0.15, 0.2) is 0 Å². The zero-order valence-electron chi connectivity index (χ0n) is 10.8. The van der Waals surface area contributed by atoms with Crippen molar-refractivity contribution >= 4 is 11.3 Å². The molecule has 2 heterocycles. The summed E-state index contributed by atoms with van der Waals surface area (Å²) in [6.07, 6.45) is 0. The van der Waals surface area contributed by atoms with Crippen molar-refractivity contribution in [3.05, 3.63) is 45.0 Å². The molecule has 2 aromatic rings. The lowest BCUT2D eigenvalue weighted by Crippen LogP contribution is -2.21. The van der Waals surface area contributed by atoms with Gasteiger partial charge in [0.2, 0.25) is 0 Å². The maximum absolute atomic E-state index is 5.85. The Kier molecular flexibility index (Phi) is 3.69. The summed E-state index contributed by atoms with van der Waals surface area (Å²) in [6.45, 7) is 9.31. The van der Waals surface area contributed by atoms with Crippen molar-refractivity contribution < 1.29 is 4.42 Å². The number of furan rings is 1. The first kappa shape index (κ1) is 12.4. The second-order valence-electron chi connectivity index (χ2n) is 4.35. The average Bonchev–Trinajstić information content (AvgIpc) is 2.83. The van der Waals surface area contributed by atoms with E-state index in [4.69, 9.17) is 4.42 Å². The molecule has 0 radical (unpaired) electrons. The van der Waals surface area contributed by atoms with Gasteiger partial charge in [-0.15, -0.1) is 11.3 Å². The predicted molar refractivity (Wildman–Crippen MR) is 72.8 cm³/mol. The number of hydrogen-bond donors (Lipinski definition) is 1. The fourth-order valence-corrected chi connectivity index (χ4v) is 2.96. The highest BCUT2D eigenvalue weighted by atomic mass is 32.1. The highest BCUT2D eigenvalue weighted by molar-refractivity contribution is 7.10. The highest BCUT2D eigenvalue weighted by Gasteiger charge is 2.20. The largest absolute Gasteiger partial charge is 0.464 e. The topological polar surface area (TPSA) is 25.2 Å². The van der Waals surface area contributed by atoms with E-state index in [0.717, 1.165) is 18.1 Å². The third kappa shape index (κ3) is 2.45. The Labute approximate surface area is 107 Å². The Bertz CT molecular complexity index is 479. The summed E-state index contributed by atoms with van der Waals surface area (Å²) in [7, 11) is 0. The van der Waals surface area contributed by atoms with Crippen molar-refractivity contribution in [1.82, 2.24) is 5.32 Å². The molecule has 0 fully saturated rings. The Balaban J connectivity index is 2.39. The van der Waals surface area contributed by atoms with Gasteiger partial charge >= 0.3 is 0 Å². The summed E-state index contributed by atoms with van der Waals surface area (Å²) in [6, 6.07) is 4.49. The van der Waals surface area contributed by atoms with Gasteiger partial charge < -0.3 is 9.73 Å². The standard InChI is InChI=1S/C14H19NOS/c1-5-15-13(14-9(2)6-7-17-14)12-8-10(3)11(4)16-12/h6-8,13,15H,5H2,1-4H3. The van der Waals surface area contributed by atoms with Crippen LogP contribution < -0.4 is 5.32 Å². The summed E-state index contributed by atoms with van der Waals surface area (Å²) >= 11 is 1.79. The van der Waals surface area contributed by atoms with Gasteiger partial charge in [0, 0.05) is 4.88 Å². The minimum absolute atomic E-state index is 0.187. The second kappa shape index (κ2) is 5.07. The molecule has 1 unspecified atom stereocenters. The van der Waals surface area contributed by atoms with Gasteiger partial charge in [-0.05, 0) is 56.0 Å². The molecule has 1 N–H and O–H groups in total. The summed E-state index contributed by atoms with van der Waals surface area (Å²) in [5, 5.41) is 5.64. The van der Waals surface area contributed by atoms with E-state index in [1.54, 1.807) is 11.3 Å². The normalized spacial score (nSPS) is 12.9. The van der Waals surface area contributed by atoms with Crippen LogP contribution in [0.3, 0.4) is 0 Å². The van der Waals surface area contributed by atoms with Crippen molar-refractivity contribution in [3.63, 3.8) is 0 Å². The van der Waals surface area contributed by atoms with E-state index in [9.17, 15) is 0 Å². The molecule has 0 saturated heterocycles. The third-order valence-electron chi connectivity index (χ3n) is 3.04. The van der Waals surface area contributed by atoms with Gasteiger partial charge in [-0.3, -0.25) is 0 Å². The van der Waals surface area contributed by atoms with Gasteiger partial charge in [-0.1, -0.05) is 6.92 Å².